The van der Waals surface area contributed by atoms with Crippen LogP contribution in [0.5, 0.6) is 0 Å². The average molecular weight is 231 g/mol. The van der Waals surface area contributed by atoms with Crippen molar-refractivity contribution in [3.8, 4) is 0 Å². The standard InChI is InChI=1S/C12H17N5/c1-3-4-11-15-9(7-10(13)16-11)8-12-14-5-6-17(12)2/h5-7H,3-4,8H2,1-2H3,(H2,13,15,16). The second kappa shape index (κ2) is 4.95. The lowest BCUT2D eigenvalue weighted by Gasteiger charge is -2.05. The molecule has 2 heterocycles. The average Bonchev–Trinajstić information content (AvgIpc) is 2.64. The summed E-state index contributed by atoms with van der Waals surface area (Å²) < 4.78 is 1.98. The fourth-order valence-corrected chi connectivity index (χ4v) is 1.73. The van der Waals surface area contributed by atoms with Crippen LogP contribution >= 0.6 is 0 Å². The third-order valence-electron chi connectivity index (χ3n) is 2.58. The molecule has 0 unspecified atom stereocenters. The van der Waals surface area contributed by atoms with E-state index in [0.717, 1.165) is 30.2 Å². The summed E-state index contributed by atoms with van der Waals surface area (Å²) >= 11 is 0. The Labute approximate surface area is 101 Å². The van der Waals surface area contributed by atoms with E-state index >= 15 is 0 Å². The maximum Gasteiger partial charge on any atom is 0.130 e. The molecule has 0 aliphatic heterocycles. The van der Waals surface area contributed by atoms with Gasteiger partial charge in [-0.3, -0.25) is 0 Å². The highest BCUT2D eigenvalue weighted by Crippen LogP contribution is 2.09. The van der Waals surface area contributed by atoms with Gasteiger partial charge < -0.3 is 10.3 Å². The summed E-state index contributed by atoms with van der Waals surface area (Å²) in [5.74, 6) is 2.33. The first-order valence-electron chi connectivity index (χ1n) is 5.77. The van der Waals surface area contributed by atoms with Crippen molar-refractivity contribution in [2.24, 2.45) is 7.05 Å². The quantitative estimate of drug-likeness (QED) is 0.862. The molecule has 0 bridgehead atoms. The Kier molecular flexibility index (Phi) is 3.37. The van der Waals surface area contributed by atoms with Gasteiger partial charge in [-0.15, -0.1) is 0 Å². The van der Waals surface area contributed by atoms with E-state index in [4.69, 9.17) is 5.73 Å². The molecule has 2 aromatic rings. The van der Waals surface area contributed by atoms with Gasteiger partial charge in [-0.05, 0) is 6.42 Å². The SMILES string of the molecule is CCCc1nc(N)cc(Cc2nccn2C)n1. The van der Waals surface area contributed by atoms with Crippen molar-refractivity contribution < 1.29 is 0 Å². The summed E-state index contributed by atoms with van der Waals surface area (Å²) in [5.41, 5.74) is 6.70. The Hall–Kier alpha value is -1.91. The Morgan fingerprint density at radius 1 is 1.35 bits per heavy atom. The van der Waals surface area contributed by atoms with E-state index in [1.54, 1.807) is 6.20 Å². The third-order valence-corrected chi connectivity index (χ3v) is 2.58. The maximum atomic E-state index is 5.78. The first kappa shape index (κ1) is 11.6. The summed E-state index contributed by atoms with van der Waals surface area (Å²) in [7, 11) is 1.97. The Morgan fingerprint density at radius 2 is 2.18 bits per heavy atom. The van der Waals surface area contributed by atoms with E-state index in [1.165, 1.54) is 0 Å². The first-order valence-corrected chi connectivity index (χ1v) is 5.77. The van der Waals surface area contributed by atoms with E-state index in [-0.39, 0.29) is 0 Å². The zero-order valence-electron chi connectivity index (χ0n) is 10.2. The van der Waals surface area contributed by atoms with Crippen LogP contribution in [0.4, 0.5) is 5.82 Å². The van der Waals surface area contributed by atoms with E-state index in [9.17, 15) is 0 Å². The fourth-order valence-electron chi connectivity index (χ4n) is 1.73. The number of rotatable bonds is 4. The number of hydrogen-bond acceptors (Lipinski definition) is 4. The second-order valence-corrected chi connectivity index (χ2v) is 4.08. The Morgan fingerprint density at radius 3 is 2.82 bits per heavy atom. The smallest absolute Gasteiger partial charge is 0.130 e. The summed E-state index contributed by atoms with van der Waals surface area (Å²) in [6.45, 7) is 2.10. The van der Waals surface area contributed by atoms with Crippen molar-refractivity contribution in [2.45, 2.75) is 26.2 Å². The molecule has 90 valence electrons. The van der Waals surface area contributed by atoms with E-state index in [1.807, 2.05) is 23.9 Å². The zero-order valence-corrected chi connectivity index (χ0v) is 10.2. The van der Waals surface area contributed by atoms with Gasteiger partial charge in [0, 0.05) is 38.3 Å². The fraction of sp³-hybridized carbons (Fsp3) is 0.417. The minimum Gasteiger partial charge on any atom is -0.384 e. The molecule has 0 atom stereocenters. The number of nitrogens with two attached hydrogens (primary N) is 1. The van der Waals surface area contributed by atoms with Gasteiger partial charge in [-0.1, -0.05) is 6.92 Å². The molecule has 2 N–H and O–H groups in total. The molecule has 0 fully saturated rings. The minimum atomic E-state index is 0.535. The van der Waals surface area contributed by atoms with Crippen LogP contribution in [0.25, 0.3) is 0 Å². The first-order chi connectivity index (χ1) is 8.19. The molecule has 2 aromatic heterocycles. The monoisotopic (exact) mass is 231 g/mol. The van der Waals surface area contributed by atoms with Gasteiger partial charge in [0.25, 0.3) is 0 Å². The molecule has 17 heavy (non-hydrogen) atoms. The molecule has 0 aliphatic carbocycles. The number of nitrogens with zero attached hydrogens (tertiary/aromatic N) is 4. The Balaban J connectivity index is 2.23. The molecular weight excluding hydrogens is 214 g/mol. The van der Waals surface area contributed by atoms with Gasteiger partial charge in [0.1, 0.15) is 17.5 Å². The van der Waals surface area contributed by atoms with Crippen LogP contribution in [-0.4, -0.2) is 19.5 Å². The van der Waals surface area contributed by atoms with Crippen molar-refractivity contribution in [1.82, 2.24) is 19.5 Å². The number of aromatic nitrogens is 4. The third kappa shape index (κ3) is 2.81. The number of anilines is 1. The molecular formula is C12H17N5. The van der Waals surface area contributed by atoms with Crippen LogP contribution in [0.2, 0.25) is 0 Å². The topological polar surface area (TPSA) is 69.6 Å². The molecule has 0 saturated heterocycles. The normalized spacial score (nSPS) is 10.7. The van der Waals surface area contributed by atoms with Crippen LogP contribution < -0.4 is 5.73 Å². The maximum absolute atomic E-state index is 5.78. The van der Waals surface area contributed by atoms with Gasteiger partial charge in [0.05, 0.1) is 5.69 Å². The van der Waals surface area contributed by atoms with Crippen molar-refractivity contribution in [2.75, 3.05) is 5.73 Å². The number of hydrogen-bond donors (Lipinski definition) is 1. The Bertz CT molecular complexity index is 503. The van der Waals surface area contributed by atoms with Gasteiger partial charge in [0.2, 0.25) is 0 Å². The van der Waals surface area contributed by atoms with Gasteiger partial charge >= 0.3 is 0 Å². The highest BCUT2D eigenvalue weighted by atomic mass is 15.0. The van der Waals surface area contributed by atoms with Crippen molar-refractivity contribution in [1.29, 1.82) is 0 Å². The van der Waals surface area contributed by atoms with Crippen molar-refractivity contribution in [3.05, 3.63) is 35.8 Å². The molecule has 0 spiro atoms. The van der Waals surface area contributed by atoms with Crippen LogP contribution in [0, 0.1) is 0 Å². The van der Waals surface area contributed by atoms with Crippen LogP contribution in [-0.2, 0) is 19.9 Å². The number of nitrogen functional groups attached to an aromatic ring is 1. The number of imidazole rings is 1. The van der Waals surface area contributed by atoms with Crippen molar-refractivity contribution >= 4 is 5.82 Å². The second-order valence-electron chi connectivity index (χ2n) is 4.08. The molecule has 0 saturated carbocycles. The van der Waals surface area contributed by atoms with Crippen molar-refractivity contribution in [3.63, 3.8) is 0 Å². The van der Waals surface area contributed by atoms with Gasteiger partial charge in [-0.25, -0.2) is 15.0 Å². The van der Waals surface area contributed by atoms with Crippen LogP contribution in [0.1, 0.15) is 30.7 Å². The lowest BCUT2D eigenvalue weighted by atomic mass is 10.2. The molecule has 5 heteroatoms. The van der Waals surface area contributed by atoms with E-state index in [0.29, 0.717) is 12.2 Å². The summed E-state index contributed by atoms with van der Waals surface area (Å²) in [4.78, 5) is 13.0. The molecule has 0 aromatic carbocycles. The number of aryl methyl sites for hydroxylation is 2. The highest BCUT2D eigenvalue weighted by Gasteiger charge is 2.06. The predicted octanol–water partition coefficient (Wildman–Crippen LogP) is 1.34. The minimum absolute atomic E-state index is 0.535. The van der Waals surface area contributed by atoms with Gasteiger partial charge in [0.15, 0.2) is 0 Å². The largest absolute Gasteiger partial charge is 0.384 e. The lowest BCUT2D eigenvalue weighted by Crippen LogP contribution is -2.06. The van der Waals surface area contributed by atoms with Crippen LogP contribution in [0.3, 0.4) is 0 Å². The summed E-state index contributed by atoms with van der Waals surface area (Å²) in [6.07, 6.45) is 6.27. The molecule has 0 amide bonds. The lowest BCUT2D eigenvalue weighted by molar-refractivity contribution is 0.785. The molecule has 0 aliphatic rings. The zero-order chi connectivity index (χ0) is 12.3. The predicted molar refractivity (Wildman–Crippen MR) is 66.5 cm³/mol. The van der Waals surface area contributed by atoms with E-state index < -0.39 is 0 Å². The van der Waals surface area contributed by atoms with Gasteiger partial charge in [-0.2, -0.15) is 0 Å². The molecule has 0 radical (unpaired) electrons. The molecule has 5 nitrogen and oxygen atoms in total. The highest BCUT2D eigenvalue weighted by molar-refractivity contribution is 5.31. The van der Waals surface area contributed by atoms with E-state index in [2.05, 4.69) is 21.9 Å². The molecule has 2 rings (SSSR count). The summed E-state index contributed by atoms with van der Waals surface area (Å²) in [5, 5.41) is 0. The van der Waals surface area contributed by atoms with Crippen LogP contribution in [0.15, 0.2) is 18.5 Å². The summed E-state index contributed by atoms with van der Waals surface area (Å²) in [6, 6.07) is 1.81.